The van der Waals surface area contributed by atoms with Gasteiger partial charge >= 0.3 is 0 Å². The molecule has 2 aromatic carbocycles. The number of benzene rings is 2. The summed E-state index contributed by atoms with van der Waals surface area (Å²) in [6.07, 6.45) is 2.34. The SMILES string of the molecule is CC(CC(=O)N1CCC(CNC(=O)c2ccc(O)cc2)CC1)c1ccccc1. The summed E-state index contributed by atoms with van der Waals surface area (Å²) in [7, 11) is 0. The van der Waals surface area contributed by atoms with Crippen LogP contribution in [-0.4, -0.2) is 41.5 Å². The fraction of sp³-hybridized carbons (Fsp3) is 0.391. The van der Waals surface area contributed by atoms with E-state index in [1.54, 1.807) is 12.1 Å². The molecule has 1 heterocycles. The maximum absolute atomic E-state index is 12.6. The first-order valence-corrected chi connectivity index (χ1v) is 9.93. The van der Waals surface area contributed by atoms with Crippen LogP contribution in [0.5, 0.6) is 5.75 Å². The Morgan fingerprint density at radius 2 is 1.71 bits per heavy atom. The standard InChI is InChI=1S/C23H28N2O3/c1-17(19-5-3-2-4-6-19)15-22(27)25-13-11-18(12-14-25)16-24-23(28)20-7-9-21(26)10-8-20/h2-10,17-18,26H,11-16H2,1H3,(H,24,28). The lowest BCUT2D eigenvalue weighted by Crippen LogP contribution is -2.41. The second kappa shape index (κ2) is 9.40. The molecule has 1 aliphatic rings. The molecular weight excluding hydrogens is 352 g/mol. The van der Waals surface area contributed by atoms with Crippen LogP contribution in [0, 0.1) is 5.92 Å². The number of nitrogens with one attached hydrogen (secondary N) is 1. The number of nitrogens with zero attached hydrogens (tertiary/aromatic N) is 1. The Bertz CT molecular complexity index is 781. The molecule has 2 N–H and O–H groups in total. The molecule has 5 nitrogen and oxygen atoms in total. The third-order valence-corrected chi connectivity index (χ3v) is 5.50. The van der Waals surface area contributed by atoms with E-state index < -0.39 is 0 Å². The normalized spacial score (nSPS) is 15.8. The van der Waals surface area contributed by atoms with Crippen molar-refractivity contribution >= 4 is 11.8 Å². The molecule has 2 aromatic rings. The van der Waals surface area contributed by atoms with E-state index in [2.05, 4.69) is 24.4 Å². The zero-order valence-corrected chi connectivity index (χ0v) is 16.3. The van der Waals surface area contributed by atoms with Crippen LogP contribution in [0.2, 0.25) is 0 Å². The number of likely N-dealkylation sites (tertiary alicyclic amines) is 1. The fourth-order valence-corrected chi connectivity index (χ4v) is 3.63. The van der Waals surface area contributed by atoms with Gasteiger partial charge in [-0.1, -0.05) is 37.3 Å². The first kappa shape index (κ1) is 19.9. The van der Waals surface area contributed by atoms with E-state index in [9.17, 15) is 14.7 Å². The van der Waals surface area contributed by atoms with Crippen molar-refractivity contribution in [2.45, 2.75) is 32.1 Å². The zero-order valence-electron chi connectivity index (χ0n) is 16.3. The van der Waals surface area contributed by atoms with Gasteiger partial charge in [0.1, 0.15) is 5.75 Å². The van der Waals surface area contributed by atoms with E-state index in [1.165, 1.54) is 17.7 Å². The van der Waals surface area contributed by atoms with E-state index in [0.717, 1.165) is 25.9 Å². The van der Waals surface area contributed by atoms with Gasteiger partial charge in [-0.05, 0) is 54.5 Å². The molecule has 1 aliphatic heterocycles. The lowest BCUT2D eigenvalue weighted by molar-refractivity contribution is -0.132. The monoisotopic (exact) mass is 380 g/mol. The largest absolute Gasteiger partial charge is 0.508 e. The van der Waals surface area contributed by atoms with E-state index >= 15 is 0 Å². The number of carbonyl (C=O) groups is 2. The average Bonchev–Trinajstić information content (AvgIpc) is 2.73. The summed E-state index contributed by atoms with van der Waals surface area (Å²) >= 11 is 0. The maximum Gasteiger partial charge on any atom is 0.251 e. The highest BCUT2D eigenvalue weighted by atomic mass is 16.3. The number of hydrogen-bond donors (Lipinski definition) is 2. The smallest absolute Gasteiger partial charge is 0.251 e. The number of carbonyl (C=O) groups excluding carboxylic acids is 2. The van der Waals surface area contributed by atoms with Crippen LogP contribution in [0.3, 0.4) is 0 Å². The van der Waals surface area contributed by atoms with Gasteiger partial charge in [-0.2, -0.15) is 0 Å². The molecule has 5 heteroatoms. The summed E-state index contributed by atoms with van der Waals surface area (Å²) in [5.74, 6) is 0.834. The van der Waals surface area contributed by atoms with Crippen molar-refractivity contribution in [2.75, 3.05) is 19.6 Å². The third kappa shape index (κ3) is 5.35. The van der Waals surface area contributed by atoms with Gasteiger partial charge in [0.25, 0.3) is 5.91 Å². The number of phenolic OH excluding ortho intramolecular Hbond substituents is 1. The van der Waals surface area contributed by atoms with Crippen LogP contribution in [0.1, 0.15) is 48.0 Å². The van der Waals surface area contributed by atoms with Gasteiger partial charge in [0.2, 0.25) is 5.91 Å². The van der Waals surface area contributed by atoms with Crippen LogP contribution < -0.4 is 5.32 Å². The summed E-state index contributed by atoms with van der Waals surface area (Å²) < 4.78 is 0. The lowest BCUT2D eigenvalue weighted by Gasteiger charge is -2.32. The molecule has 1 unspecified atom stereocenters. The number of phenols is 1. The van der Waals surface area contributed by atoms with Crippen molar-refractivity contribution in [2.24, 2.45) is 5.92 Å². The van der Waals surface area contributed by atoms with E-state index in [1.807, 2.05) is 23.1 Å². The molecule has 1 saturated heterocycles. The van der Waals surface area contributed by atoms with Crippen molar-refractivity contribution in [3.63, 3.8) is 0 Å². The van der Waals surface area contributed by atoms with Gasteiger partial charge in [-0.25, -0.2) is 0 Å². The zero-order chi connectivity index (χ0) is 19.9. The van der Waals surface area contributed by atoms with Crippen molar-refractivity contribution in [3.05, 3.63) is 65.7 Å². The molecule has 0 aliphatic carbocycles. The van der Waals surface area contributed by atoms with E-state index in [-0.39, 0.29) is 23.5 Å². The molecule has 0 spiro atoms. The second-order valence-corrected chi connectivity index (χ2v) is 7.60. The number of hydrogen-bond acceptors (Lipinski definition) is 3. The van der Waals surface area contributed by atoms with Crippen molar-refractivity contribution in [1.29, 1.82) is 0 Å². The molecule has 0 aromatic heterocycles. The quantitative estimate of drug-likeness (QED) is 0.805. The van der Waals surface area contributed by atoms with Crippen molar-refractivity contribution < 1.29 is 14.7 Å². The van der Waals surface area contributed by atoms with Crippen LogP contribution in [0.4, 0.5) is 0 Å². The summed E-state index contributed by atoms with van der Waals surface area (Å²) in [6.45, 7) is 4.21. The summed E-state index contributed by atoms with van der Waals surface area (Å²) in [5, 5.41) is 12.3. The van der Waals surface area contributed by atoms with Gasteiger partial charge in [0.15, 0.2) is 0 Å². The van der Waals surface area contributed by atoms with Gasteiger partial charge in [0, 0.05) is 31.6 Å². The second-order valence-electron chi connectivity index (χ2n) is 7.60. The van der Waals surface area contributed by atoms with Gasteiger partial charge in [-0.15, -0.1) is 0 Å². The van der Waals surface area contributed by atoms with Crippen LogP contribution in [-0.2, 0) is 4.79 Å². The Kier molecular flexibility index (Phi) is 6.69. The van der Waals surface area contributed by atoms with Crippen molar-refractivity contribution in [3.8, 4) is 5.75 Å². The van der Waals surface area contributed by atoms with Crippen LogP contribution in [0.25, 0.3) is 0 Å². The highest BCUT2D eigenvalue weighted by Gasteiger charge is 2.24. The Hall–Kier alpha value is -2.82. The summed E-state index contributed by atoms with van der Waals surface area (Å²) in [4.78, 5) is 26.7. The number of amides is 2. The molecule has 0 radical (unpaired) electrons. The van der Waals surface area contributed by atoms with Crippen LogP contribution >= 0.6 is 0 Å². The molecule has 28 heavy (non-hydrogen) atoms. The fourth-order valence-electron chi connectivity index (χ4n) is 3.63. The summed E-state index contributed by atoms with van der Waals surface area (Å²) in [6, 6.07) is 16.4. The Morgan fingerprint density at radius 1 is 1.07 bits per heavy atom. The van der Waals surface area contributed by atoms with Crippen LogP contribution in [0.15, 0.2) is 54.6 Å². The molecule has 3 rings (SSSR count). The minimum atomic E-state index is -0.129. The Balaban J connectivity index is 1.41. The topological polar surface area (TPSA) is 69.6 Å². The number of piperidine rings is 1. The minimum Gasteiger partial charge on any atom is -0.508 e. The molecule has 0 bridgehead atoms. The van der Waals surface area contributed by atoms with Crippen molar-refractivity contribution in [1.82, 2.24) is 10.2 Å². The molecular formula is C23H28N2O3. The average molecular weight is 380 g/mol. The number of aromatic hydroxyl groups is 1. The van der Waals surface area contributed by atoms with E-state index in [4.69, 9.17) is 0 Å². The predicted molar refractivity (Wildman–Crippen MR) is 109 cm³/mol. The maximum atomic E-state index is 12.6. The summed E-state index contributed by atoms with van der Waals surface area (Å²) in [5.41, 5.74) is 1.74. The first-order valence-electron chi connectivity index (χ1n) is 9.93. The Labute approximate surface area is 166 Å². The molecule has 148 valence electrons. The van der Waals surface area contributed by atoms with Gasteiger partial charge in [-0.3, -0.25) is 9.59 Å². The predicted octanol–water partition coefficient (Wildman–Crippen LogP) is 3.55. The van der Waals surface area contributed by atoms with Gasteiger partial charge < -0.3 is 15.3 Å². The lowest BCUT2D eigenvalue weighted by atomic mass is 9.94. The van der Waals surface area contributed by atoms with E-state index in [0.29, 0.717) is 24.4 Å². The first-order chi connectivity index (χ1) is 13.5. The minimum absolute atomic E-state index is 0.129. The molecule has 2 amide bonds. The molecule has 1 atom stereocenters. The van der Waals surface area contributed by atoms with Gasteiger partial charge in [0.05, 0.1) is 0 Å². The Morgan fingerprint density at radius 3 is 2.36 bits per heavy atom. The third-order valence-electron chi connectivity index (χ3n) is 5.50. The number of rotatable bonds is 6. The molecule has 0 saturated carbocycles. The highest BCUT2D eigenvalue weighted by molar-refractivity contribution is 5.94. The highest BCUT2D eigenvalue weighted by Crippen LogP contribution is 2.22. The molecule has 1 fully saturated rings.